The van der Waals surface area contributed by atoms with E-state index in [0.29, 0.717) is 0 Å². The Labute approximate surface area is 90.3 Å². The average molecular weight is 230 g/mol. The lowest BCUT2D eigenvalue weighted by Gasteiger charge is -2.06. The van der Waals surface area contributed by atoms with E-state index in [2.05, 4.69) is 10.9 Å². The predicted octanol–water partition coefficient (Wildman–Crippen LogP) is 1.71. The third-order valence-electron chi connectivity index (χ3n) is 1.53. The first-order valence-corrected chi connectivity index (χ1v) is 4.35. The summed E-state index contributed by atoms with van der Waals surface area (Å²) in [5.41, 5.74) is 4.64. The van der Waals surface area contributed by atoms with Gasteiger partial charge in [-0.2, -0.15) is 0 Å². The molecule has 0 aliphatic rings. The number of benzene rings is 1. The summed E-state index contributed by atoms with van der Waals surface area (Å²) >= 11 is 5.60. The molecule has 0 fully saturated rings. The van der Waals surface area contributed by atoms with Gasteiger partial charge in [0.15, 0.2) is 0 Å². The number of nitrogens with zero attached hydrogens (tertiary/aromatic N) is 1. The van der Waals surface area contributed by atoms with E-state index in [1.54, 1.807) is 0 Å². The minimum Gasteiger partial charge on any atom is -0.292 e. The first kappa shape index (κ1) is 11.3. The number of hydrogen-bond acceptors (Lipinski definition) is 4. The Morgan fingerprint density at radius 2 is 2.20 bits per heavy atom. The zero-order valence-corrected chi connectivity index (χ0v) is 8.54. The minimum atomic E-state index is -0.587. The molecular formula is C8H8ClN3O3. The Balaban J connectivity index is 2.95. The van der Waals surface area contributed by atoms with E-state index >= 15 is 0 Å². The molecule has 7 heteroatoms. The summed E-state index contributed by atoms with van der Waals surface area (Å²) in [6.07, 6.45) is 0. The number of carbonyl (C=O) groups is 1. The van der Waals surface area contributed by atoms with Crippen molar-refractivity contribution in [1.29, 1.82) is 0 Å². The number of nitro benzene ring substituents is 1. The van der Waals surface area contributed by atoms with Gasteiger partial charge < -0.3 is 0 Å². The van der Waals surface area contributed by atoms with Crippen LogP contribution in [-0.4, -0.2) is 10.8 Å². The Bertz CT molecular complexity index is 408. The fourth-order valence-corrected chi connectivity index (χ4v) is 1.08. The maximum atomic E-state index is 10.6. The van der Waals surface area contributed by atoms with Crippen LogP contribution < -0.4 is 10.9 Å². The molecule has 0 atom stereocenters. The monoisotopic (exact) mass is 229 g/mol. The summed E-state index contributed by atoms with van der Waals surface area (Å²) in [5.74, 6) is -0.348. The molecule has 1 amide bonds. The first-order valence-electron chi connectivity index (χ1n) is 3.97. The Morgan fingerprint density at radius 1 is 1.53 bits per heavy atom. The summed E-state index contributed by atoms with van der Waals surface area (Å²) in [5, 5.41) is 10.9. The van der Waals surface area contributed by atoms with Crippen molar-refractivity contribution in [2.45, 2.75) is 6.92 Å². The maximum absolute atomic E-state index is 10.6. The SMILES string of the molecule is CC(=O)NNc1ccc(Cl)cc1[N+](=O)[O-]. The van der Waals surface area contributed by atoms with E-state index < -0.39 is 4.92 Å². The number of carbonyl (C=O) groups excluding carboxylic acids is 1. The van der Waals surface area contributed by atoms with Crippen molar-refractivity contribution in [3.63, 3.8) is 0 Å². The van der Waals surface area contributed by atoms with Crippen LogP contribution in [0.5, 0.6) is 0 Å². The van der Waals surface area contributed by atoms with Gasteiger partial charge in [-0.3, -0.25) is 25.8 Å². The lowest BCUT2D eigenvalue weighted by Crippen LogP contribution is -2.26. The van der Waals surface area contributed by atoms with Gasteiger partial charge in [-0.25, -0.2) is 0 Å². The highest BCUT2D eigenvalue weighted by Crippen LogP contribution is 2.26. The Hall–Kier alpha value is -1.82. The van der Waals surface area contributed by atoms with Crippen LogP contribution >= 0.6 is 11.6 Å². The molecule has 0 aromatic heterocycles. The van der Waals surface area contributed by atoms with Gasteiger partial charge in [0, 0.05) is 18.0 Å². The largest absolute Gasteiger partial charge is 0.295 e. The smallest absolute Gasteiger partial charge is 0.292 e. The summed E-state index contributed by atoms with van der Waals surface area (Å²) in [6, 6.07) is 4.10. The second-order valence-electron chi connectivity index (χ2n) is 2.72. The van der Waals surface area contributed by atoms with E-state index in [-0.39, 0.29) is 22.3 Å². The molecule has 2 N–H and O–H groups in total. The van der Waals surface area contributed by atoms with Gasteiger partial charge >= 0.3 is 0 Å². The molecule has 1 aromatic rings. The third kappa shape index (κ3) is 3.10. The lowest BCUT2D eigenvalue weighted by molar-refractivity contribution is -0.384. The average Bonchev–Trinajstić information content (AvgIpc) is 2.15. The molecule has 0 saturated heterocycles. The van der Waals surface area contributed by atoms with Crippen LogP contribution in [0.2, 0.25) is 5.02 Å². The van der Waals surface area contributed by atoms with Crippen LogP contribution in [0, 0.1) is 10.1 Å². The number of amides is 1. The maximum Gasteiger partial charge on any atom is 0.295 e. The van der Waals surface area contributed by atoms with Crippen molar-refractivity contribution in [1.82, 2.24) is 5.43 Å². The van der Waals surface area contributed by atoms with E-state index in [9.17, 15) is 14.9 Å². The van der Waals surface area contributed by atoms with Crippen LogP contribution in [0.1, 0.15) is 6.92 Å². The van der Waals surface area contributed by atoms with Gasteiger partial charge in [0.2, 0.25) is 5.91 Å². The highest BCUT2D eigenvalue weighted by Gasteiger charge is 2.13. The summed E-state index contributed by atoms with van der Waals surface area (Å²) < 4.78 is 0. The van der Waals surface area contributed by atoms with Crippen molar-refractivity contribution in [2.24, 2.45) is 0 Å². The van der Waals surface area contributed by atoms with Crippen LogP contribution in [-0.2, 0) is 4.79 Å². The van der Waals surface area contributed by atoms with Crippen LogP contribution in [0.4, 0.5) is 11.4 Å². The second-order valence-corrected chi connectivity index (χ2v) is 3.16. The number of nitrogens with one attached hydrogen (secondary N) is 2. The number of rotatable bonds is 3. The molecular weight excluding hydrogens is 222 g/mol. The van der Waals surface area contributed by atoms with Gasteiger partial charge in [-0.1, -0.05) is 11.6 Å². The predicted molar refractivity (Wildman–Crippen MR) is 55.5 cm³/mol. The van der Waals surface area contributed by atoms with Crippen LogP contribution in [0.25, 0.3) is 0 Å². The molecule has 0 spiro atoms. The molecule has 0 radical (unpaired) electrons. The van der Waals surface area contributed by atoms with Gasteiger partial charge in [0.1, 0.15) is 5.69 Å². The molecule has 0 aliphatic heterocycles. The fraction of sp³-hybridized carbons (Fsp3) is 0.125. The van der Waals surface area contributed by atoms with Crippen molar-refractivity contribution >= 4 is 28.9 Å². The van der Waals surface area contributed by atoms with Crippen molar-refractivity contribution in [3.8, 4) is 0 Å². The molecule has 0 saturated carbocycles. The molecule has 1 rings (SSSR count). The highest BCUT2D eigenvalue weighted by atomic mass is 35.5. The van der Waals surface area contributed by atoms with E-state index in [0.717, 1.165) is 0 Å². The normalized spacial score (nSPS) is 9.47. The van der Waals surface area contributed by atoms with E-state index in [1.165, 1.54) is 25.1 Å². The van der Waals surface area contributed by atoms with Gasteiger partial charge in [0.05, 0.1) is 4.92 Å². The Morgan fingerprint density at radius 3 is 2.73 bits per heavy atom. The zero-order valence-electron chi connectivity index (χ0n) is 7.78. The first-order chi connectivity index (χ1) is 7.00. The summed E-state index contributed by atoms with van der Waals surface area (Å²) in [6.45, 7) is 1.29. The number of nitro groups is 1. The third-order valence-corrected chi connectivity index (χ3v) is 1.76. The van der Waals surface area contributed by atoms with Gasteiger partial charge in [0.25, 0.3) is 5.69 Å². The molecule has 0 bridgehead atoms. The van der Waals surface area contributed by atoms with Gasteiger partial charge in [-0.15, -0.1) is 0 Å². The molecule has 0 unspecified atom stereocenters. The van der Waals surface area contributed by atoms with E-state index in [4.69, 9.17) is 11.6 Å². The van der Waals surface area contributed by atoms with Crippen molar-refractivity contribution < 1.29 is 9.72 Å². The topological polar surface area (TPSA) is 84.3 Å². The van der Waals surface area contributed by atoms with Crippen LogP contribution in [0.15, 0.2) is 18.2 Å². The standard InChI is InChI=1S/C8H8ClN3O3/c1-5(13)10-11-7-3-2-6(9)4-8(7)12(14)15/h2-4,11H,1H3,(H,10,13). The molecule has 80 valence electrons. The summed E-state index contributed by atoms with van der Waals surface area (Å²) in [4.78, 5) is 20.6. The Kier molecular flexibility index (Phi) is 3.46. The highest BCUT2D eigenvalue weighted by molar-refractivity contribution is 6.30. The molecule has 15 heavy (non-hydrogen) atoms. The zero-order chi connectivity index (χ0) is 11.4. The quantitative estimate of drug-likeness (QED) is 0.610. The fourth-order valence-electron chi connectivity index (χ4n) is 0.917. The lowest BCUT2D eigenvalue weighted by atomic mass is 10.3. The van der Waals surface area contributed by atoms with Gasteiger partial charge in [-0.05, 0) is 12.1 Å². The minimum absolute atomic E-state index is 0.180. The van der Waals surface area contributed by atoms with Crippen LogP contribution in [0.3, 0.4) is 0 Å². The molecule has 1 aromatic carbocycles. The molecule has 6 nitrogen and oxygen atoms in total. The molecule has 0 aliphatic carbocycles. The van der Waals surface area contributed by atoms with E-state index in [1.807, 2.05) is 0 Å². The van der Waals surface area contributed by atoms with Crippen molar-refractivity contribution in [2.75, 3.05) is 5.43 Å². The second kappa shape index (κ2) is 4.61. The number of halogens is 1. The number of hydrogen-bond donors (Lipinski definition) is 2. The number of hydrazine groups is 1. The number of anilines is 1. The molecule has 0 heterocycles. The summed E-state index contributed by atoms with van der Waals surface area (Å²) in [7, 11) is 0. The van der Waals surface area contributed by atoms with Crippen molar-refractivity contribution in [3.05, 3.63) is 33.3 Å².